The van der Waals surface area contributed by atoms with Crippen LogP contribution in [-0.4, -0.2) is 35.5 Å². The Bertz CT molecular complexity index is 439. The molecule has 3 rings (SSSR count). The van der Waals surface area contributed by atoms with Crippen molar-refractivity contribution in [1.29, 1.82) is 0 Å². The summed E-state index contributed by atoms with van der Waals surface area (Å²) in [6.45, 7) is 7.20. The van der Waals surface area contributed by atoms with Crippen LogP contribution in [-0.2, 0) is 9.53 Å². The van der Waals surface area contributed by atoms with E-state index in [1.54, 1.807) is 0 Å². The third-order valence-electron chi connectivity index (χ3n) is 5.15. The normalized spacial score (nSPS) is 36.8. The molecule has 0 aromatic rings. The summed E-state index contributed by atoms with van der Waals surface area (Å²) in [4.78, 5) is 25.9. The van der Waals surface area contributed by atoms with Crippen molar-refractivity contribution in [3.63, 3.8) is 0 Å². The number of hydrogen-bond donors (Lipinski definition) is 0. The first kappa shape index (κ1) is 13.9. The van der Waals surface area contributed by atoms with E-state index in [-0.39, 0.29) is 11.5 Å². The number of ether oxygens (including phenoxy) is 1. The summed E-state index contributed by atoms with van der Waals surface area (Å²) in [5.41, 5.74) is -0.232. The maximum Gasteiger partial charge on any atom is 0.410 e. The summed E-state index contributed by atoms with van der Waals surface area (Å²) >= 11 is 0. The van der Waals surface area contributed by atoms with Gasteiger partial charge in [0, 0.05) is 25.4 Å². The first-order chi connectivity index (χ1) is 9.31. The summed E-state index contributed by atoms with van der Waals surface area (Å²) in [6.07, 6.45) is 4.72. The first-order valence-corrected chi connectivity index (χ1v) is 7.81. The lowest BCUT2D eigenvalue weighted by atomic mass is 9.76. The quantitative estimate of drug-likeness (QED) is 0.685. The van der Waals surface area contributed by atoms with Crippen LogP contribution in [0.4, 0.5) is 4.79 Å². The second kappa shape index (κ2) is 4.47. The number of amides is 1. The minimum atomic E-state index is -0.439. The van der Waals surface area contributed by atoms with Gasteiger partial charge in [-0.25, -0.2) is 4.79 Å². The molecule has 1 spiro atoms. The van der Waals surface area contributed by atoms with Gasteiger partial charge < -0.3 is 9.64 Å². The molecule has 4 nitrogen and oxygen atoms in total. The molecule has 1 saturated heterocycles. The van der Waals surface area contributed by atoms with Crippen molar-refractivity contribution in [3.05, 3.63) is 0 Å². The van der Waals surface area contributed by atoms with Crippen LogP contribution in [0.2, 0.25) is 0 Å². The van der Waals surface area contributed by atoms with Gasteiger partial charge in [0.15, 0.2) is 0 Å². The van der Waals surface area contributed by atoms with Gasteiger partial charge in [-0.3, -0.25) is 4.79 Å². The molecular formula is C16H25NO3. The molecule has 3 unspecified atom stereocenters. The number of carbonyl (C=O) groups is 2. The molecular weight excluding hydrogens is 254 g/mol. The third-order valence-corrected chi connectivity index (χ3v) is 5.15. The van der Waals surface area contributed by atoms with Crippen LogP contribution in [0.5, 0.6) is 0 Å². The third kappa shape index (κ3) is 2.45. The largest absolute Gasteiger partial charge is 0.444 e. The second-order valence-corrected chi connectivity index (χ2v) is 7.78. The van der Waals surface area contributed by atoms with Gasteiger partial charge in [0.05, 0.1) is 0 Å². The van der Waals surface area contributed by atoms with Crippen molar-refractivity contribution < 1.29 is 14.3 Å². The fourth-order valence-corrected chi connectivity index (χ4v) is 4.11. The highest BCUT2D eigenvalue weighted by atomic mass is 16.6. The molecule has 0 radical (unpaired) electrons. The molecule has 3 atom stereocenters. The Labute approximate surface area is 120 Å². The van der Waals surface area contributed by atoms with Gasteiger partial charge >= 0.3 is 6.09 Å². The maximum absolute atomic E-state index is 12.2. The van der Waals surface area contributed by atoms with Gasteiger partial charge in [-0.1, -0.05) is 0 Å². The molecule has 1 heterocycles. The lowest BCUT2D eigenvalue weighted by Gasteiger charge is -2.29. The fraction of sp³-hybridized carbons (Fsp3) is 0.875. The van der Waals surface area contributed by atoms with Crippen LogP contribution in [0.15, 0.2) is 0 Å². The Hall–Kier alpha value is -1.06. The van der Waals surface area contributed by atoms with E-state index in [0.29, 0.717) is 17.6 Å². The van der Waals surface area contributed by atoms with Crippen molar-refractivity contribution in [3.8, 4) is 0 Å². The number of carbonyl (C=O) groups excluding carboxylic acids is 2. The van der Waals surface area contributed by atoms with Crippen LogP contribution >= 0.6 is 0 Å². The Morgan fingerprint density at radius 1 is 1.30 bits per heavy atom. The zero-order valence-corrected chi connectivity index (χ0v) is 12.8. The van der Waals surface area contributed by atoms with E-state index in [1.165, 1.54) is 0 Å². The Balaban J connectivity index is 1.63. The van der Waals surface area contributed by atoms with E-state index in [2.05, 4.69) is 0 Å². The highest BCUT2D eigenvalue weighted by Gasteiger charge is 2.62. The van der Waals surface area contributed by atoms with Crippen molar-refractivity contribution in [2.24, 2.45) is 17.3 Å². The van der Waals surface area contributed by atoms with E-state index < -0.39 is 5.60 Å². The molecule has 0 N–H and O–H groups in total. The number of fused-ring (bicyclic) bond motifs is 2. The number of Topliss-reactive ketones (excluding diaryl/α,β-unsaturated/α-hetero) is 1. The zero-order chi connectivity index (χ0) is 14.5. The van der Waals surface area contributed by atoms with Crippen LogP contribution in [0.1, 0.15) is 52.9 Å². The molecule has 0 bridgehead atoms. The SMILES string of the molecule is CC(C)(C)OC(=O)N1CCCC2(CC1)CC(=O)C1CC12. The second-order valence-electron chi connectivity index (χ2n) is 7.78. The van der Waals surface area contributed by atoms with Crippen molar-refractivity contribution in [2.75, 3.05) is 13.1 Å². The van der Waals surface area contributed by atoms with Crippen molar-refractivity contribution in [1.82, 2.24) is 4.90 Å². The smallest absolute Gasteiger partial charge is 0.410 e. The fourth-order valence-electron chi connectivity index (χ4n) is 4.11. The van der Waals surface area contributed by atoms with Gasteiger partial charge in [0.1, 0.15) is 11.4 Å². The van der Waals surface area contributed by atoms with Gasteiger partial charge in [0.25, 0.3) is 0 Å². The number of hydrogen-bond acceptors (Lipinski definition) is 3. The average molecular weight is 279 g/mol. The van der Waals surface area contributed by atoms with Crippen molar-refractivity contribution >= 4 is 11.9 Å². The van der Waals surface area contributed by atoms with Gasteiger partial charge in [0.2, 0.25) is 0 Å². The minimum absolute atomic E-state index is 0.203. The molecule has 2 aliphatic carbocycles. The van der Waals surface area contributed by atoms with E-state index in [0.717, 1.165) is 45.2 Å². The Kier molecular flexibility index (Phi) is 3.11. The first-order valence-electron chi connectivity index (χ1n) is 7.81. The van der Waals surface area contributed by atoms with Crippen LogP contribution in [0.3, 0.4) is 0 Å². The highest BCUT2D eigenvalue weighted by Crippen LogP contribution is 2.64. The minimum Gasteiger partial charge on any atom is -0.444 e. The molecule has 112 valence electrons. The topological polar surface area (TPSA) is 46.6 Å². The highest BCUT2D eigenvalue weighted by molar-refractivity contribution is 5.87. The van der Waals surface area contributed by atoms with E-state index >= 15 is 0 Å². The van der Waals surface area contributed by atoms with Crippen LogP contribution < -0.4 is 0 Å². The maximum atomic E-state index is 12.2. The summed E-state index contributed by atoms with van der Waals surface area (Å²) in [5, 5.41) is 0. The summed E-state index contributed by atoms with van der Waals surface area (Å²) in [6, 6.07) is 0. The van der Waals surface area contributed by atoms with Crippen molar-refractivity contribution in [2.45, 2.75) is 58.5 Å². The molecule has 3 aliphatic rings. The van der Waals surface area contributed by atoms with Gasteiger partial charge in [-0.2, -0.15) is 0 Å². The van der Waals surface area contributed by atoms with Gasteiger partial charge in [-0.15, -0.1) is 0 Å². The van der Waals surface area contributed by atoms with E-state index in [4.69, 9.17) is 4.74 Å². The lowest BCUT2D eigenvalue weighted by Crippen LogP contribution is -2.37. The number of likely N-dealkylation sites (tertiary alicyclic amines) is 1. The molecule has 1 amide bonds. The molecule has 0 aromatic carbocycles. The van der Waals surface area contributed by atoms with Gasteiger partial charge in [-0.05, 0) is 57.8 Å². The average Bonchev–Trinajstić information content (AvgIpc) is 3.05. The molecule has 2 saturated carbocycles. The lowest BCUT2D eigenvalue weighted by molar-refractivity contribution is -0.120. The number of rotatable bonds is 0. The standard InChI is InChI=1S/C16H25NO3/c1-15(2,3)20-14(19)17-7-4-5-16(6-8-17)10-13(18)11-9-12(11)16/h11-12H,4-10H2,1-3H3. The summed E-state index contributed by atoms with van der Waals surface area (Å²) < 4.78 is 5.46. The molecule has 1 aliphatic heterocycles. The molecule has 3 fully saturated rings. The predicted octanol–water partition coefficient (Wildman–Crippen LogP) is 3.00. The van der Waals surface area contributed by atoms with E-state index in [9.17, 15) is 9.59 Å². The Morgan fingerprint density at radius 2 is 2.05 bits per heavy atom. The zero-order valence-electron chi connectivity index (χ0n) is 12.8. The summed E-state index contributed by atoms with van der Waals surface area (Å²) in [5.74, 6) is 1.46. The Morgan fingerprint density at radius 3 is 2.60 bits per heavy atom. The monoisotopic (exact) mass is 279 g/mol. The molecule has 4 heteroatoms. The van der Waals surface area contributed by atoms with Crippen LogP contribution in [0, 0.1) is 17.3 Å². The molecule has 20 heavy (non-hydrogen) atoms. The number of ketones is 1. The number of nitrogens with zero attached hydrogens (tertiary/aromatic N) is 1. The van der Waals surface area contributed by atoms with E-state index in [1.807, 2.05) is 25.7 Å². The van der Waals surface area contributed by atoms with Crippen LogP contribution in [0.25, 0.3) is 0 Å². The summed E-state index contributed by atoms with van der Waals surface area (Å²) in [7, 11) is 0. The predicted molar refractivity (Wildman–Crippen MR) is 75.3 cm³/mol. The molecule has 0 aromatic heterocycles.